The Balaban J connectivity index is 1.25. The number of anilines is 2. The molecule has 7 nitrogen and oxygen atoms in total. The minimum Gasteiger partial charge on any atom is -0.452 e. The van der Waals surface area contributed by atoms with Gasteiger partial charge in [-0.1, -0.05) is 43.3 Å². The Morgan fingerprint density at radius 2 is 1.70 bits per heavy atom. The summed E-state index contributed by atoms with van der Waals surface area (Å²) in [5.74, 6) is -1.94. The van der Waals surface area contributed by atoms with Gasteiger partial charge in [0, 0.05) is 5.69 Å². The molecule has 2 aliphatic carbocycles. The molecular formula is C26H24N2O5. The highest BCUT2D eigenvalue weighted by Crippen LogP contribution is 2.53. The summed E-state index contributed by atoms with van der Waals surface area (Å²) in [4.78, 5) is 52.1. The molecule has 1 aliphatic heterocycles. The first kappa shape index (κ1) is 21.1. The van der Waals surface area contributed by atoms with E-state index in [2.05, 4.69) is 5.32 Å². The summed E-state index contributed by atoms with van der Waals surface area (Å²) in [5.41, 5.74) is 2.20. The van der Waals surface area contributed by atoms with E-state index in [9.17, 15) is 19.2 Å². The molecule has 3 amide bonds. The number of hydrogen-bond donors (Lipinski definition) is 1. The van der Waals surface area contributed by atoms with Crippen LogP contribution < -0.4 is 10.2 Å². The number of para-hydroxylation sites is 1. The maximum absolute atomic E-state index is 13.0. The van der Waals surface area contributed by atoms with Crippen LogP contribution in [-0.2, 0) is 25.5 Å². The molecule has 2 aromatic rings. The molecule has 4 atom stereocenters. The number of ether oxygens (including phenoxy) is 1. The summed E-state index contributed by atoms with van der Waals surface area (Å²) in [6.45, 7) is 1.55. The predicted molar refractivity (Wildman–Crippen MR) is 121 cm³/mol. The van der Waals surface area contributed by atoms with Crippen molar-refractivity contribution < 1.29 is 23.9 Å². The van der Waals surface area contributed by atoms with Gasteiger partial charge in [0.15, 0.2) is 6.61 Å². The van der Waals surface area contributed by atoms with E-state index in [1.807, 2.05) is 37.3 Å². The number of carbonyl (C=O) groups excluding carboxylic acids is 4. The molecular weight excluding hydrogens is 420 g/mol. The largest absolute Gasteiger partial charge is 0.452 e. The highest BCUT2D eigenvalue weighted by Gasteiger charge is 2.59. The Kier molecular flexibility index (Phi) is 5.32. The van der Waals surface area contributed by atoms with Gasteiger partial charge in [0.25, 0.3) is 5.91 Å². The molecule has 0 radical (unpaired) electrons. The van der Waals surface area contributed by atoms with Crippen LogP contribution in [0.15, 0.2) is 60.7 Å². The monoisotopic (exact) mass is 444 g/mol. The third kappa shape index (κ3) is 3.63. The molecule has 3 aliphatic rings. The van der Waals surface area contributed by atoms with Crippen molar-refractivity contribution in [2.45, 2.75) is 19.8 Å². The second kappa shape index (κ2) is 8.31. The van der Waals surface area contributed by atoms with Gasteiger partial charge >= 0.3 is 5.97 Å². The second-order valence-electron chi connectivity index (χ2n) is 8.70. The Labute approximate surface area is 191 Å². The number of aryl methyl sites for hydroxylation is 1. The number of imide groups is 1. The molecule has 1 saturated heterocycles. The van der Waals surface area contributed by atoms with E-state index in [0.29, 0.717) is 11.4 Å². The molecule has 2 aromatic carbocycles. The second-order valence-corrected chi connectivity index (χ2v) is 8.70. The molecule has 168 valence electrons. The standard InChI is InChI=1S/C26H24N2O5/c1-2-15-6-3-4-9-20(15)27-21(29)14-33-26(32)18-7-5-8-19(13-18)28-24(30)22-16-10-11-17(12-16)23(22)25(28)31/h3-11,13,16-17,22-23H,2,12,14H2,1H3,(H,27,29)/t16-,17-,22-,23-/m0/s1. The summed E-state index contributed by atoms with van der Waals surface area (Å²) in [6.07, 6.45) is 5.70. The minimum absolute atomic E-state index is 0.117. The number of benzene rings is 2. The first-order valence-electron chi connectivity index (χ1n) is 11.2. The molecule has 1 N–H and O–H groups in total. The first-order valence-corrected chi connectivity index (χ1v) is 11.2. The third-order valence-electron chi connectivity index (χ3n) is 6.82. The van der Waals surface area contributed by atoms with Crippen molar-refractivity contribution in [1.29, 1.82) is 0 Å². The lowest BCUT2D eigenvalue weighted by Gasteiger charge is -2.18. The molecule has 0 unspecified atom stereocenters. The van der Waals surface area contributed by atoms with Crippen LogP contribution >= 0.6 is 0 Å². The summed E-state index contributed by atoms with van der Waals surface area (Å²) >= 11 is 0. The number of carbonyl (C=O) groups is 4. The van der Waals surface area contributed by atoms with Crippen LogP contribution in [0.1, 0.15) is 29.3 Å². The van der Waals surface area contributed by atoms with Crippen molar-refractivity contribution in [2.75, 3.05) is 16.8 Å². The average molecular weight is 444 g/mol. The molecule has 0 aromatic heterocycles. The van der Waals surface area contributed by atoms with E-state index >= 15 is 0 Å². The lowest BCUT2D eigenvalue weighted by atomic mass is 9.85. The van der Waals surface area contributed by atoms with Crippen molar-refractivity contribution in [3.8, 4) is 0 Å². The Bertz CT molecular complexity index is 1160. The summed E-state index contributed by atoms with van der Waals surface area (Å²) in [5, 5.41) is 2.75. The molecule has 1 saturated carbocycles. The van der Waals surface area contributed by atoms with Crippen molar-refractivity contribution in [3.05, 3.63) is 71.8 Å². The molecule has 33 heavy (non-hydrogen) atoms. The number of allylic oxidation sites excluding steroid dienone is 2. The predicted octanol–water partition coefficient (Wildman–Crippen LogP) is 3.36. The lowest BCUT2D eigenvalue weighted by molar-refractivity contribution is -0.123. The molecule has 2 bridgehead atoms. The number of nitrogens with zero attached hydrogens (tertiary/aromatic N) is 1. The van der Waals surface area contributed by atoms with Gasteiger partial charge in [0.05, 0.1) is 23.1 Å². The fraction of sp³-hybridized carbons (Fsp3) is 0.308. The summed E-state index contributed by atoms with van der Waals surface area (Å²) in [6, 6.07) is 13.7. The number of fused-ring (bicyclic) bond motifs is 5. The SMILES string of the molecule is CCc1ccccc1NC(=O)COC(=O)c1cccc(N2C(=O)[C@@H]3[C@@H](C2=O)[C@H]2C=C[C@H]3C2)c1. The zero-order valence-electron chi connectivity index (χ0n) is 18.2. The van der Waals surface area contributed by atoms with Gasteiger partial charge in [-0.3, -0.25) is 14.4 Å². The number of esters is 1. The van der Waals surface area contributed by atoms with Crippen molar-refractivity contribution in [2.24, 2.45) is 23.7 Å². The van der Waals surface area contributed by atoms with Gasteiger partial charge in [0.1, 0.15) is 0 Å². The maximum atomic E-state index is 13.0. The molecule has 7 heteroatoms. The van der Waals surface area contributed by atoms with Crippen LogP contribution in [0.2, 0.25) is 0 Å². The highest BCUT2D eigenvalue weighted by atomic mass is 16.5. The van der Waals surface area contributed by atoms with Gasteiger partial charge < -0.3 is 10.1 Å². The quantitative estimate of drug-likeness (QED) is 0.419. The van der Waals surface area contributed by atoms with Gasteiger partial charge in [0.2, 0.25) is 11.8 Å². The van der Waals surface area contributed by atoms with Crippen LogP contribution in [0.4, 0.5) is 11.4 Å². The van der Waals surface area contributed by atoms with Gasteiger partial charge in [-0.15, -0.1) is 0 Å². The fourth-order valence-corrected chi connectivity index (χ4v) is 5.28. The first-order chi connectivity index (χ1) is 16.0. The minimum atomic E-state index is -0.697. The fourth-order valence-electron chi connectivity index (χ4n) is 5.28. The van der Waals surface area contributed by atoms with E-state index < -0.39 is 18.5 Å². The number of amides is 3. The van der Waals surface area contributed by atoms with E-state index in [4.69, 9.17) is 4.74 Å². The molecule has 1 heterocycles. The Hall–Kier alpha value is -3.74. The normalized spacial score (nSPS) is 24.8. The van der Waals surface area contributed by atoms with Crippen molar-refractivity contribution >= 4 is 35.1 Å². The van der Waals surface area contributed by atoms with E-state index in [-0.39, 0.29) is 41.0 Å². The Morgan fingerprint density at radius 1 is 1.00 bits per heavy atom. The third-order valence-corrected chi connectivity index (χ3v) is 6.82. The van der Waals surface area contributed by atoms with E-state index in [1.54, 1.807) is 18.2 Å². The van der Waals surface area contributed by atoms with Crippen LogP contribution in [0, 0.1) is 23.7 Å². The number of nitrogens with one attached hydrogen (secondary N) is 1. The van der Waals surface area contributed by atoms with E-state index in [1.165, 1.54) is 17.0 Å². The van der Waals surface area contributed by atoms with E-state index in [0.717, 1.165) is 18.4 Å². The molecule has 2 fully saturated rings. The number of rotatable bonds is 6. The molecule has 5 rings (SSSR count). The zero-order chi connectivity index (χ0) is 23.1. The lowest BCUT2D eigenvalue weighted by Crippen LogP contribution is -2.33. The Morgan fingerprint density at radius 3 is 2.39 bits per heavy atom. The van der Waals surface area contributed by atoms with Gasteiger partial charge in [-0.05, 0) is 54.5 Å². The number of hydrogen-bond acceptors (Lipinski definition) is 5. The molecule has 0 spiro atoms. The van der Waals surface area contributed by atoms with Crippen LogP contribution in [0.25, 0.3) is 0 Å². The van der Waals surface area contributed by atoms with Crippen LogP contribution in [0.3, 0.4) is 0 Å². The average Bonchev–Trinajstić information content (AvgIpc) is 3.51. The van der Waals surface area contributed by atoms with Gasteiger partial charge in [-0.2, -0.15) is 0 Å². The van der Waals surface area contributed by atoms with Crippen LogP contribution in [-0.4, -0.2) is 30.3 Å². The van der Waals surface area contributed by atoms with Crippen LogP contribution in [0.5, 0.6) is 0 Å². The van der Waals surface area contributed by atoms with Gasteiger partial charge in [-0.25, -0.2) is 9.69 Å². The van der Waals surface area contributed by atoms with Crippen molar-refractivity contribution in [1.82, 2.24) is 0 Å². The maximum Gasteiger partial charge on any atom is 0.338 e. The summed E-state index contributed by atoms with van der Waals surface area (Å²) in [7, 11) is 0. The highest BCUT2D eigenvalue weighted by molar-refractivity contribution is 6.23. The van der Waals surface area contributed by atoms with Crippen molar-refractivity contribution in [3.63, 3.8) is 0 Å². The zero-order valence-corrected chi connectivity index (χ0v) is 18.2. The summed E-state index contributed by atoms with van der Waals surface area (Å²) < 4.78 is 5.18. The topological polar surface area (TPSA) is 92.8 Å². The smallest absolute Gasteiger partial charge is 0.338 e.